The number of para-hydroxylation sites is 1. The van der Waals surface area contributed by atoms with Crippen molar-refractivity contribution in [3.8, 4) is 0 Å². The molecule has 2 amide bonds. The van der Waals surface area contributed by atoms with Crippen LogP contribution in [0.4, 0.5) is 10.1 Å². The maximum absolute atomic E-state index is 13.6. The number of carbonyl (C=O) groups is 2. The first kappa shape index (κ1) is 19.2. The summed E-state index contributed by atoms with van der Waals surface area (Å²) in [4.78, 5) is 28.8. The summed E-state index contributed by atoms with van der Waals surface area (Å²) < 4.78 is 13.6. The fourth-order valence-electron chi connectivity index (χ4n) is 2.71. The van der Waals surface area contributed by atoms with Crippen molar-refractivity contribution in [2.45, 2.75) is 13.3 Å². The van der Waals surface area contributed by atoms with Gasteiger partial charge >= 0.3 is 0 Å². The zero-order valence-corrected chi connectivity index (χ0v) is 15.4. The van der Waals surface area contributed by atoms with Crippen molar-refractivity contribution < 1.29 is 14.0 Å². The van der Waals surface area contributed by atoms with Gasteiger partial charge < -0.3 is 10.6 Å². The molecule has 0 aliphatic heterocycles. The molecule has 0 bridgehead atoms. The number of aryl methyl sites for hydroxylation is 1. The van der Waals surface area contributed by atoms with Gasteiger partial charge in [-0.2, -0.15) is 0 Å². The smallest absolute Gasteiger partial charge is 0.274 e. The van der Waals surface area contributed by atoms with Crippen molar-refractivity contribution in [2.24, 2.45) is 0 Å². The maximum atomic E-state index is 13.6. The average molecular weight is 377 g/mol. The van der Waals surface area contributed by atoms with Gasteiger partial charge in [0, 0.05) is 24.0 Å². The lowest BCUT2D eigenvalue weighted by Gasteiger charge is -2.09. The summed E-state index contributed by atoms with van der Waals surface area (Å²) in [5.41, 5.74) is 2.62. The normalized spacial score (nSPS) is 10.4. The second-order valence-electron chi connectivity index (χ2n) is 6.30. The molecule has 6 heteroatoms. The summed E-state index contributed by atoms with van der Waals surface area (Å²) in [6.07, 6.45) is 1.79. The van der Waals surface area contributed by atoms with Crippen LogP contribution >= 0.6 is 0 Å². The van der Waals surface area contributed by atoms with Crippen molar-refractivity contribution in [2.75, 3.05) is 11.9 Å². The Labute approximate surface area is 162 Å². The van der Waals surface area contributed by atoms with Crippen molar-refractivity contribution in [1.82, 2.24) is 10.3 Å². The summed E-state index contributed by atoms with van der Waals surface area (Å²) >= 11 is 0. The lowest BCUT2D eigenvalue weighted by atomic mass is 10.1. The van der Waals surface area contributed by atoms with E-state index in [4.69, 9.17) is 0 Å². The van der Waals surface area contributed by atoms with Gasteiger partial charge in [-0.25, -0.2) is 4.39 Å². The van der Waals surface area contributed by atoms with Gasteiger partial charge in [0.05, 0.1) is 0 Å². The van der Waals surface area contributed by atoms with E-state index in [1.54, 1.807) is 24.3 Å². The first-order valence-corrected chi connectivity index (χ1v) is 8.89. The molecule has 2 aromatic carbocycles. The van der Waals surface area contributed by atoms with Crippen molar-refractivity contribution >= 4 is 17.5 Å². The summed E-state index contributed by atoms with van der Waals surface area (Å²) in [6.45, 7) is 2.18. The Kier molecular flexibility index (Phi) is 6.11. The van der Waals surface area contributed by atoms with Crippen molar-refractivity contribution in [3.05, 3.63) is 95.1 Å². The van der Waals surface area contributed by atoms with E-state index < -0.39 is 5.91 Å². The van der Waals surface area contributed by atoms with E-state index in [0.717, 1.165) is 5.56 Å². The maximum Gasteiger partial charge on any atom is 0.274 e. The predicted octanol–water partition coefficient (Wildman–Crippen LogP) is 3.75. The van der Waals surface area contributed by atoms with Gasteiger partial charge in [0.25, 0.3) is 11.8 Å². The number of anilines is 1. The van der Waals surface area contributed by atoms with E-state index in [-0.39, 0.29) is 24.0 Å². The second kappa shape index (κ2) is 8.90. The Morgan fingerprint density at radius 2 is 1.75 bits per heavy atom. The van der Waals surface area contributed by atoms with Gasteiger partial charge in [0.1, 0.15) is 11.5 Å². The predicted molar refractivity (Wildman–Crippen MR) is 106 cm³/mol. The molecule has 0 fully saturated rings. The molecule has 0 radical (unpaired) electrons. The van der Waals surface area contributed by atoms with E-state index in [1.165, 1.54) is 24.4 Å². The fraction of sp³-hybridized carbons (Fsp3) is 0.136. The molecule has 0 unspecified atom stereocenters. The van der Waals surface area contributed by atoms with Gasteiger partial charge in [0.2, 0.25) is 0 Å². The van der Waals surface area contributed by atoms with Crippen LogP contribution in [0.3, 0.4) is 0 Å². The molecular weight excluding hydrogens is 357 g/mol. The highest BCUT2D eigenvalue weighted by Crippen LogP contribution is 2.14. The molecular formula is C22H20FN3O2. The van der Waals surface area contributed by atoms with E-state index in [0.29, 0.717) is 23.2 Å². The molecule has 2 N–H and O–H groups in total. The minimum atomic E-state index is -0.393. The molecule has 0 saturated heterocycles. The zero-order chi connectivity index (χ0) is 19.9. The highest BCUT2D eigenvalue weighted by atomic mass is 19.1. The van der Waals surface area contributed by atoms with E-state index in [9.17, 15) is 14.0 Å². The van der Waals surface area contributed by atoms with Crippen LogP contribution in [-0.4, -0.2) is 23.3 Å². The SMILES string of the molecule is Cc1ccccc1NC(=O)c1cc(C(=O)NCCc2ccccc2F)ccn1. The Balaban J connectivity index is 1.62. The molecule has 0 saturated carbocycles. The van der Waals surface area contributed by atoms with E-state index >= 15 is 0 Å². The third-order valence-corrected chi connectivity index (χ3v) is 4.29. The first-order chi connectivity index (χ1) is 13.5. The fourth-order valence-corrected chi connectivity index (χ4v) is 2.71. The van der Waals surface area contributed by atoms with Gasteiger partial charge in [-0.05, 0) is 48.7 Å². The summed E-state index contributed by atoms with van der Waals surface area (Å²) in [5, 5.41) is 5.52. The number of hydrogen-bond donors (Lipinski definition) is 2. The molecule has 3 rings (SSSR count). The third-order valence-electron chi connectivity index (χ3n) is 4.29. The number of hydrogen-bond acceptors (Lipinski definition) is 3. The number of halogens is 1. The molecule has 0 aliphatic rings. The Morgan fingerprint density at radius 3 is 2.54 bits per heavy atom. The Hall–Kier alpha value is -3.54. The first-order valence-electron chi connectivity index (χ1n) is 8.89. The molecule has 0 atom stereocenters. The summed E-state index contributed by atoms with van der Waals surface area (Å²) in [5.74, 6) is -1.03. The number of nitrogens with one attached hydrogen (secondary N) is 2. The minimum absolute atomic E-state index is 0.144. The molecule has 142 valence electrons. The van der Waals surface area contributed by atoms with Crippen LogP contribution in [-0.2, 0) is 6.42 Å². The lowest BCUT2D eigenvalue weighted by molar-refractivity contribution is 0.0954. The number of benzene rings is 2. The van der Waals surface area contributed by atoms with Crippen LogP contribution in [0.1, 0.15) is 32.0 Å². The highest BCUT2D eigenvalue weighted by Gasteiger charge is 2.13. The summed E-state index contributed by atoms with van der Waals surface area (Å²) in [6, 6.07) is 16.8. The van der Waals surface area contributed by atoms with Crippen LogP contribution in [0.2, 0.25) is 0 Å². The molecule has 5 nitrogen and oxygen atoms in total. The largest absolute Gasteiger partial charge is 0.352 e. The highest BCUT2D eigenvalue weighted by molar-refractivity contribution is 6.05. The topological polar surface area (TPSA) is 71.1 Å². The van der Waals surface area contributed by atoms with Gasteiger partial charge in [-0.1, -0.05) is 36.4 Å². The standard InChI is InChI=1S/C22H20FN3O2/c1-15-6-2-5-9-19(15)26-22(28)20-14-17(11-12-24-20)21(27)25-13-10-16-7-3-4-8-18(16)23/h2-9,11-12,14H,10,13H2,1H3,(H,25,27)(H,26,28). The van der Waals surface area contributed by atoms with Crippen LogP contribution in [0.25, 0.3) is 0 Å². The van der Waals surface area contributed by atoms with Gasteiger partial charge in [-0.15, -0.1) is 0 Å². The van der Waals surface area contributed by atoms with Gasteiger partial charge in [-0.3, -0.25) is 14.6 Å². The number of pyridine rings is 1. The van der Waals surface area contributed by atoms with E-state index in [2.05, 4.69) is 15.6 Å². The molecule has 3 aromatic rings. The number of amides is 2. The number of aromatic nitrogens is 1. The molecule has 1 aromatic heterocycles. The van der Waals surface area contributed by atoms with Crippen molar-refractivity contribution in [1.29, 1.82) is 0 Å². The Bertz CT molecular complexity index is 1000. The number of carbonyl (C=O) groups excluding carboxylic acids is 2. The molecule has 1 heterocycles. The van der Waals surface area contributed by atoms with Gasteiger partial charge in [0.15, 0.2) is 0 Å². The number of rotatable bonds is 6. The van der Waals surface area contributed by atoms with Crippen molar-refractivity contribution in [3.63, 3.8) is 0 Å². The molecule has 28 heavy (non-hydrogen) atoms. The second-order valence-corrected chi connectivity index (χ2v) is 6.30. The monoisotopic (exact) mass is 377 g/mol. The van der Waals surface area contributed by atoms with Crippen LogP contribution in [0.5, 0.6) is 0 Å². The molecule has 0 spiro atoms. The average Bonchev–Trinajstić information content (AvgIpc) is 2.71. The lowest BCUT2D eigenvalue weighted by Crippen LogP contribution is -2.26. The van der Waals surface area contributed by atoms with E-state index in [1.807, 2.05) is 25.1 Å². The van der Waals surface area contributed by atoms with Crippen LogP contribution < -0.4 is 10.6 Å². The van der Waals surface area contributed by atoms with Crippen LogP contribution in [0, 0.1) is 12.7 Å². The quantitative estimate of drug-likeness (QED) is 0.687. The minimum Gasteiger partial charge on any atom is -0.352 e. The Morgan fingerprint density at radius 1 is 1.00 bits per heavy atom. The molecule has 0 aliphatic carbocycles. The summed E-state index contributed by atoms with van der Waals surface area (Å²) in [7, 11) is 0. The number of nitrogens with zero attached hydrogens (tertiary/aromatic N) is 1. The van der Waals surface area contributed by atoms with Crippen LogP contribution in [0.15, 0.2) is 66.9 Å². The zero-order valence-electron chi connectivity index (χ0n) is 15.4. The third kappa shape index (κ3) is 4.79.